The lowest BCUT2D eigenvalue weighted by molar-refractivity contribution is -0.172. The van der Waals surface area contributed by atoms with Crippen LogP contribution in [0.1, 0.15) is 27.2 Å². The highest BCUT2D eigenvalue weighted by atomic mass is 19.4. The number of carbonyl (C=O) groups is 1. The molecule has 0 radical (unpaired) electrons. The van der Waals surface area contributed by atoms with Gasteiger partial charge in [-0.3, -0.25) is 4.79 Å². The molecule has 0 spiro atoms. The number of ketones is 1. The number of halogens is 3. The molecule has 1 atom stereocenters. The summed E-state index contributed by atoms with van der Waals surface area (Å²) in [4.78, 5) is 10.5. The topological polar surface area (TPSA) is 17.1 Å². The second-order valence-electron chi connectivity index (χ2n) is 3.35. The summed E-state index contributed by atoms with van der Waals surface area (Å²) >= 11 is 0. The van der Waals surface area contributed by atoms with Crippen LogP contribution in [0.5, 0.6) is 0 Å². The molecule has 0 fully saturated rings. The van der Waals surface area contributed by atoms with Gasteiger partial charge in [0.25, 0.3) is 0 Å². The lowest BCUT2D eigenvalue weighted by Gasteiger charge is -2.14. The van der Waals surface area contributed by atoms with Gasteiger partial charge >= 0.3 is 6.18 Å². The fourth-order valence-corrected chi connectivity index (χ4v) is 0.644. The summed E-state index contributed by atoms with van der Waals surface area (Å²) in [6.07, 6.45) is -5.07. The maximum absolute atomic E-state index is 11.7. The van der Waals surface area contributed by atoms with E-state index in [-0.39, 0.29) is 11.8 Å². The molecule has 0 aromatic carbocycles. The second kappa shape index (κ2) is 3.92. The van der Waals surface area contributed by atoms with Crippen molar-refractivity contribution in [3.05, 3.63) is 0 Å². The van der Waals surface area contributed by atoms with Crippen LogP contribution in [-0.4, -0.2) is 12.0 Å². The van der Waals surface area contributed by atoms with Gasteiger partial charge in [0.15, 0.2) is 0 Å². The van der Waals surface area contributed by atoms with Crippen LogP contribution in [0.4, 0.5) is 13.2 Å². The molecule has 0 saturated carbocycles. The number of hydrogen-bond donors (Lipinski definition) is 0. The summed E-state index contributed by atoms with van der Waals surface area (Å²) in [6, 6.07) is 0. The van der Waals surface area contributed by atoms with Crippen LogP contribution in [-0.2, 0) is 4.79 Å². The van der Waals surface area contributed by atoms with Crippen LogP contribution < -0.4 is 0 Å². The summed E-state index contributed by atoms with van der Waals surface area (Å²) < 4.78 is 35.2. The third-order valence-corrected chi connectivity index (χ3v) is 1.96. The Morgan fingerprint density at radius 1 is 1.25 bits per heavy atom. The first-order valence-corrected chi connectivity index (χ1v) is 3.85. The van der Waals surface area contributed by atoms with Crippen LogP contribution >= 0.6 is 0 Å². The van der Waals surface area contributed by atoms with Gasteiger partial charge in [0.1, 0.15) is 0 Å². The third-order valence-electron chi connectivity index (χ3n) is 1.96. The van der Waals surface area contributed by atoms with Gasteiger partial charge in [0, 0.05) is 6.42 Å². The highest BCUT2D eigenvalue weighted by Gasteiger charge is 2.38. The molecule has 72 valence electrons. The molecular weight excluding hydrogens is 169 g/mol. The summed E-state index contributed by atoms with van der Waals surface area (Å²) in [5, 5.41) is 0. The fourth-order valence-electron chi connectivity index (χ4n) is 0.644. The van der Waals surface area contributed by atoms with Gasteiger partial charge in [0.2, 0.25) is 5.78 Å². The summed E-state index contributed by atoms with van der Waals surface area (Å²) in [5.74, 6) is -1.72. The molecule has 0 bridgehead atoms. The number of Topliss-reactive ketones (excluding diaryl/α,β-unsaturated/α-hetero) is 1. The average molecular weight is 182 g/mol. The Morgan fingerprint density at radius 3 is 1.92 bits per heavy atom. The molecular formula is C8H13F3O. The average Bonchev–Trinajstić information content (AvgIpc) is 1.85. The molecule has 0 saturated heterocycles. The molecule has 0 rings (SSSR count). The van der Waals surface area contributed by atoms with Crippen LogP contribution in [0.25, 0.3) is 0 Å². The van der Waals surface area contributed by atoms with Gasteiger partial charge < -0.3 is 0 Å². The van der Waals surface area contributed by atoms with E-state index < -0.39 is 18.4 Å². The van der Waals surface area contributed by atoms with Crippen molar-refractivity contribution in [1.29, 1.82) is 0 Å². The molecule has 0 aliphatic rings. The standard InChI is InChI=1S/C8H13F3O/c1-5(2)6(3)4-7(12)8(9,10)11/h5-6H,4H2,1-3H3. The Bertz CT molecular complexity index is 160. The molecule has 4 heteroatoms. The Labute approximate surface area is 70.0 Å². The normalized spacial score (nSPS) is 14.9. The largest absolute Gasteiger partial charge is 0.449 e. The van der Waals surface area contributed by atoms with Gasteiger partial charge in [-0.25, -0.2) is 0 Å². The number of hydrogen-bond acceptors (Lipinski definition) is 1. The van der Waals surface area contributed by atoms with E-state index in [9.17, 15) is 18.0 Å². The zero-order valence-corrected chi connectivity index (χ0v) is 7.40. The molecule has 0 amide bonds. The van der Waals surface area contributed by atoms with E-state index in [2.05, 4.69) is 0 Å². The smallest absolute Gasteiger partial charge is 0.290 e. The van der Waals surface area contributed by atoms with Crippen molar-refractivity contribution >= 4 is 5.78 Å². The van der Waals surface area contributed by atoms with E-state index >= 15 is 0 Å². The second-order valence-corrected chi connectivity index (χ2v) is 3.35. The van der Waals surface area contributed by atoms with Gasteiger partial charge in [0.05, 0.1) is 0 Å². The van der Waals surface area contributed by atoms with Crippen molar-refractivity contribution in [1.82, 2.24) is 0 Å². The maximum Gasteiger partial charge on any atom is 0.449 e. The predicted molar refractivity (Wildman–Crippen MR) is 39.7 cm³/mol. The van der Waals surface area contributed by atoms with Crippen LogP contribution in [0.2, 0.25) is 0 Å². The minimum Gasteiger partial charge on any atom is -0.290 e. The quantitative estimate of drug-likeness (QED) is 0.655. The predicted octanol–water partition coefficient (Wildman–Crippen LogP) is 2.80. The van der Waals surface area contributed by atoms with Gasteiger partial charge in [-0.1, -0.05) is 20.8 Å². The molecule has 0 aliphatic carbocycles. The Kier molecular flexibility index (Phi) is 3.74. The lowest BCUT2D eigenvalue weighted by Crippen LogP contribution is -2.25. The molecule has 0 aromatic heterocycles. The summed E-state index contributed by atoms with van der Waals surface area (Å²) in [5.41, 5.74) is 0. The van der Waals surface area contributed by atoms with Crippen LogP contribution in [0, 0.1) is 11.8 Å². The zero-order chi connectivity index (χ0) is 9.94. The van der Waals surface area contributed by atoms with E-state index in [4.69, 9.17) is 0 Å². The molecule has 1 nitrogen and oxygen atoms in total. The molecule has 0 aromatic rings. The van der Waals surface area contributed by atoms with E-state index in [1.165, 1.54) is 0 Å². The molecule has 1 unspecified atom stereocenters. The highest BCUT2D eigenvalue weighted by molar-refractivity contribution is 5.84. The van der Waals surface area contributed by atoms with E-state index in [0.29, 0.717) is 0 Å². The first kappa shape index (κ1) is 11.5. The van der Waals surface area contributed by atoms with Crippen molar-refractivity contribution < 1.29 is 18.0 Å². The first-order chi connectivity index (χ1) is 5.25. The van der Waals surface area contributed by atoms with Crippen molar-refractivity contribution in [2.24, 2.45) is 11.8 Å². The van der Waals surface area contributed by atoms with Gasteiger partial charge in [-0.05, 0) is 11.8 Å². The van der Waals surface area contributed by atoms with Gasteiger partial charge in [-0.2, -0.15) is 13.2 Å². The first-order valence-electron chi connectivity index (χ1n) is 3.85. The molecule has 12 heavy (non-hydrogen) atoms. The number of carbonyl (C=O) groups excluding carboxylic acids is 1. The van der Waals surface area contributed by atoms with Crippen molar-refractivity contribution in [3.63, 3.8) is 0 Å². The van der Waals surface area contributed by atoms with E-state index in [1.54, 1.807) is 20.8 Å². The number of alkyl halides is 3. The van der Waals surface area contributed by atoms with Crippen molar-refractivity contribution in [3.8, 4) is 0 Å². The SMILES string of the molecule is CC(C)C(C)CC(=O)C(F)(F)F. The minimum atomic E-state index is -4.66. The third kappa shape index (κ3) is 3.74. The Morgan fingerprint density at radius 2 is 1.67 bits per heavy atom. The van der Waals surface area contributed by atoms with Gasteiger partial charge in [-0.15, -0.1) is 0 Å². The fraction of sp³-hybridized carbons (Fsp3) is 0.875. The van der Waals surface area contributed by atoms with Crippen molar-refractivity contribution in [2.45, 2.75) is 33.4 Å². The molecule has 0 N–H and O–H groups in total. The monoisotopic (exact) mass is 182 g/mol. The Balaban J connectivity index is 4.02. The number of rotatable bonds is 3. The van der Waals surface area contributed by atoms with E-state index in [1.807, 2.05) is 0 Å². The molecule has 0 heterocycles. The maximum atomic E-state index is 11.7. The summed E-state index contributed by atoms with van der Waals surface area (Å²) in [7, 11) is 0. The molecule has 0 aliphatic heterocycles. The lowest BCUT2D eigenvalue weighted by atomic mass is 9.93. The summed E-state index contributed by atoms with van der Waals surface area (Å²) in [6.45, 7) is 5.25. The van der Waals surface area contributed by atoms with Crippen LogP contribution in [0.15, 0.2) is 0 Å². The highest BCUT2D eigenvalue weighted by Crippen LogP contribution is 2.23. The van der Waals surface area contributed by atoms with E-state index in [0.717, 1.165) is 0 Å². The minimum absolute atomic E-state index is 0.108. The van der Waals surface area contributed by atoms with Crippen molar-refractivity contribution in [2.75, 3.05) is 0 Å². The zero-order valence-electron chi connectivity index (χ0n) is 7.40. The Hall–Kier alpha value is -0.540. The van der Waals surface area contributed by atoms with Crippen LogP contribution in [0.3, 0.4) is 0 Å².